The van der Waals surface area contributed by atoms with Crippen LogP contribution < -0.4 is 0 Å². The number of alkyl halides is 1. The first-order valence-corrected chi connectivity index (χ1v) is 13.4. The van der Waals surface area contributed by atoms with Crippen LogP contribution in [0.25, 0.3) is 0 Å². The molecule has 4 unspecified atom stereocenters. The van der Waals surface area contributed by atoms with Gasteiger partial charge in [0.15, 0.2) is 0 Å². The molecule has 0 saturated heterocycles. The van der Waals surface area contributed by atoms with Crippen LogP contribution in [0.3, 0.4) is 0 Å². The Morgan fingerprint density at radius 2 is 1.94 bits per heavy atom. The third-order valence-corrected chi connectivity index (χ3v) is 10.2. The lowest BCUT2D eigenvalue weighted by Gasteiger charge is -2.58. The summed E-state index contributed by atoms with van der Waals surface area (Å²) in [7, 11) is 0. The van der Waals surface area contributed by atoms with E-state index in [4.69, 9.17) is 9.47 Å². The third kappa shape index (κ3) is 4.08. The Labute approximate surface area is 200 Å². The van der Waals surface area contributed by atoms with Gasteiger partial charge in [0.1, 0.15) is 12.2 Å². The first-order valence-electron chi connectivity index (χ1n) is 12.5. The maximum Gasteiger partial charge on any atom is 0.306 e. The van der Waals surface area contributed by atoms with Crippen molar-refractivity contribution in [3.8, 4) is 0 Å². The molecule has 180 valence electrons. The number of aliphatic hydroxyl groups is 1. The molecule has 0 aromatic rings. The molecule has 4 rings (SSSR count). The minimum absolute atomic E-state index is 0.0406. The van der Waals surface area contributed by atoms with Gasteiger partial charge in [0.25, 0.3) is 0 Å². The average Bonchev–Trinajstić information content (AvgIpc) is 2.97. The highest BCUT2D eigenvalue weighted by Crippen LogP contribution is 2.66. The maximum absolute atomic E-state index is 12.2. The molecule has 0 amide bonds. The van der Waals surface area contributed by atoms with Crippen LogP contribution in [-0.2, 0) is 19.1 Å². The molecule has 0 aromatic carbocycles. The smallest absolute Gasteiger partial charge is 0.306 e. The van der Waals surface area contributed by atoms with Gasteiger partial charge in [-0.25, -0.2) is 0 Å². The van der Waals surface area contributed by atoms with E-state index in [2.05, 4.69) is 42.8 Å². The van der Waals surface area contributed by atoms with E-state index in [1.807, 2.05) is 0 Å². The molecule has 4 aliphatic rings. The standard InChI is InChI=1S/C26H39BrO5/c1-5-6-7-22(30)32-17-8-10-25(3)16(12-17)13-21(29)23-18(25)9-11-26(4)19(23)14-20(27)24(26)31-15(2)28/h13,17-21,23-24,29H,5-12,14H2,1-4H3/t17-,18?,19?,20+,21?,23?,24-,25-,26-/m0/s1. The minimum Gasteiger partial charge on any atom is -0.462 e. The molecule has 5 nitrogen and oxygen atoms in total. The Balaban J connectivity index is 1.54. The molecule has 0 radical (unpaired) electrons. The van der Waals surface area contributed by atoms with Gasteiger partial charge in [-0.2, -0.15) is 0 Å². The van der Waals surface area contributed by atoms with Gasteiger partial charge in [-0.05, 0) is 61.7 Å². The maximum atomic E-state index is 12.2. The van der Waals surface area contributed by atoms with Gasteiger partial charge >= 0.3 is 11.9 Å². The Bertz CT molecular complexity index is 780. The van der Waals surface area contributed by atoms with Crippen molar-refractivity contribution in [2.24, 2.45) is 28.6 Å². The number of unbranched alkanes of at least 4 members (excludes halogenated alkanes) is 1. The van der Waals surface area contributed by atoms with E-state index >= 15 is 0 Å². The summed E-state index contributed by atoms with van der Waals surface area (Å²) in [5.41, 5.74) is 1.20. The first-order chi connectivity index (χ1) is 15.1. The molecular weight excluding hydrogens is 472 g/mol. The molecule has 3 fully saturated rings. The van der Waals surface area contributed by atoms with Crippen molar-refractivity contribution < 1.29 is 24.2 Å². The predicted molar refractivity (Wildman–Crippen MR) is 126 cm³/mol. The molecule has 32 heavy (non-hydrogen) atoms. The Morgan fingerprint density at radius 3 is 2.62 bits per heavy atom. The summed E-state index contributed by atoms with van der Waals surface area (Å²) in [6.45, 7) is 8.19. The van der Waals surface area contributed by atoms with Gasteiger partial charge in [0, 0.05) is 25.2 Å². The van der Waals surface area contributed by atoms with E-state index in [0.29, 0.717) is 18.3 Å². The molecule has 0 aromatic heterocycles. The highest BCUT2D eigenvalue weighted by molar-refractivity contribution is 9.09. The summed E-state index contributed by atoms with van der Waals surface area (Å²) in [5.74, 6) is 0.571. The molecule has 4 aliphatic carbocycles. The van der Waals surface area contributed by atoms with Crippen LogP contribution in [0.15, 0.2) is 11.6 Å². The number of halogens is 1. The molecule has 9 atom stereocenters. The first kappa shape index (κ1) is 24.3. The molecule has 0 heterocycles. The van der Waals surface area contributed by atoms with Crippen LogP contribution in [0.4, 0.5) is 0 Å². The minimum atomic E-state index is -0.502. The lowest BCUT2D eigenvalue weighted by atomic mass is 9.47. The predicted octanol–water partition coefficient (Wildman–Crippen LogP) is 5.33. The summed E-state index contributed by atoms with van der Waals surface area (Å²) in [5, 5.41) is 11.4. The lowest BCUT2D eigenvalue weighted by Crippen LogP contribution is -2.55. The van der Waals surface area contributed by atoms with E-state index in [-0.39, 0.29) is 45.7 Å². The fourth-order valence-electron chi connectivity index (χ4n) is 7.60. The number of hydrogen-bond donors (Lipinski definition) is 1. The SMILES string of the molecule is CCCCC(=O)O[C@H]1CC[C@@]2(C)C(=CC(O)C3C2CC[C@@]2(C)C3C[C@@H](Br)[C@@H]2OC(C)=O)C1. The average molecular weight is 511 g/mol. The van der Waals surface area contributed by atoms with Crippen LogP contribution in [0.5, 0.6) is 0 Å². The fraction of sp³-hybridized carbons (Fsp3) is 0.846. The summed E-state index contributed by atoms with van der Waals surface area (Å²) in [4.78, 5) is 24.1. The second kappa shape index (κ2) is 9.05. The fourth-order valence-corrected chi connectivity index (χ4v) is 8.71. The van der Waals surface area contributed by atoms with Crippen molar-refractivity contribution in [2.45, 2.75) is 109 Å². The number of hydrogen-bond acceptors (Lipinski definition) is 5. The van der Waals surface area contributed by atoms with Crippen molar-refractivity contribution in [3.63, 3.8) is 0 Å². The van der Waals surface area contributed by atoms with Crippen molar-refractivity contribution in [1.29, 1.82) is 0 Å². The van der Waals surface area contributed by atoms with Gasteiger partial charge in [-0.1, -0.05) is 54.8 Å². The van der Waals surface area contributed by atoms with Gasteiger partial charge in [0.05, 0.1) is 10.9 Å². The van der Waals surface area contributed by atoms with Gasteiger partial charge in [0.2, 0.25) is 0 Å². The van der Waals surface area contributed by atoms with E-state index < -0.39 is 6.10 Å². The van der Waals surface area contributed by atoms with Crippen molar-refractivity contribution in [3.05, 3.63) is 11.6 Å². The quantitative estimate of drug-likeness (QED) is 0.307. The van der Waals surface area contributed by atoms with Crippen LogP contribution in [0, 0.1) is 28.6 Å². The zero-order valence-corrected chi connectivity index (χ0v) is 21.5. The van der Waals surface area contributed by atoms with Crippen molar-refractivity contribution in [1.82, 2.24) is 0 Å². The van der Waals surface area contributed by atoms with E-state index in [0.717, 1.165) is 51.4 Å². The lowest BCUT2D eigenvalue weighted by molar-refractivity contribution is -0.159. The second-order valence-electron chi connectivity index (χ2n) is 11.2. The zero-order chi connectivity index (χ0) is 23.3. The van der Waals surface area contributed by atoms with Crippen molar-refractivity contribution >= 4 is 27.9 Å². The molecule has 0 aliphatic heterocycles. The Morgan fingerprint density at radius 1 is 1.19 bits per heavy atom. The highest BCUT2D eigenvalue weighted by Gasteiger charge is 2.63. The van der Waals surface area contributed by atoms with Crippen LogP contribution in [0.1, 0.15) is 85.5 Å². The van der Waals surface area contributed by atoms with Gasteiger partial charge in [-0.3, -0.25) is 9.59 Å². The zero-order valence-electron chi connectivity index (χ0n) is 19.9. The number of fused-ring (bicyclic) bond motifs is 5. The van der Waals surface area contributed by atoms with E-state index in [9.17, 15) is 14.7 Å². The third-order valence-electron chi connectivity index (χ3n) is 9.30. The number of rotatable bonds is 5. The molecule has 1 N–H and O–H groups in total. The molecule has 0 bridgehead atoms. The van der Waals surface area contributed by atoms with Gasteiger partial charge in [-0.15, -0.1) is 0 Å². The second-order valence-corrected chi connectivity index (χ2v) is 12.4. The van der Waals surface area contributed by atoms with Crippen LogP contribution in [0.2, 0.25) is 0 Å². The molecule has 6 heteroatoms. The molecule has 3 saturated carbocycles. The number of esters is 2. The summed E-state index contributed by atoms with van der Waals surface area (Å²) in [6, 6.07) is 0. The number of aliphatic hydroxyl groups excluding tert-OH is 1. The van der Waals surface area contributed by atoms with E-state index in [1.54, 1.807) is 0 Å². The Kier molecular flexibility index (Phi) is 6.86. The summed E-state index contributed by atoms with van der Waals surface area (Å²) >= 11 is 3.80. The number of ether oxygens (including phenoxy) is 2. The number of carbonyl (C=O) groups excluding carboxylic acids is 2. The Hall–Kier alpha value is -0.880. The van der Waals surface area contributed by atoms with Crippen LogP contribution >= 0.6 is 15.9 Å². The number of carbonyl (C=O) groups is 2. The molecular formula is C26H39BrO5. The normalized spacial score (nSPS) is 45.2. The summed E-state index contributed by atoms with van der Waals surface area (Å²) < 4.78 is 11.6. The van der Waals surface area contributed by atoms with Crippen LogP contribution in [-0.4, -0.2) is 40.2 Å². The largest absolute Gasteiger partial charge is 0.462 e. The van der Waals surface area contributed by atoms with E-state index in [1.165, 1.54) is 12.5 Å². The monoisotopic (exact) mass is 510 g/mol. The molecule has 0 spiro atoms. The van der Waals surface area contributed by atoms with Crippen molar-refractivity contribution in [2.75, 3.05) is 0 Å². The topological polar surface area (TPSA) is 72.8 Å². The van der Waals surface area contributed by atoms with Gasteiger partial charge < -0.3 is 14.6 Å². The highest BCUT2D eigenvalue weighted by atomic mass is 79.9. The summed E-state index contributed by atoms with van der Waals surface area (Å²) in [6.07, 6.45) is 9.31.